The number of fused-ring (bicyclic) bond motifs is 3. The van der Waals surface area contributed by atoms with Crippen LogP contribution in [0.5, 0.6) is 11.5 Å². The van der Waals surface area contributed by atoms with Crippen LogP contribution in [-0.2, 0) is 16.8 Å². The van der Waals surface area contributed by atoms with Crippen LogP contribution in [0.4, 0.5) is 0 Å². The molecule has 1 spiro atoms. The van der Waals surface area contributed by atoms with Crippen LogP contribution in [0.25, 0.3) is 0 Å². The molecule has 7 heteroatoms. The first kappa shape index (κ1) is 19.7. The molecule has 1 aliphatic carbocycles. The summed E-state index contributed by atoms with van der Waals surface area (Å²) in [6.45, 7) is 6.36. The van der Waals surface area contributed by atoms with Gasteiger partial charge >= 0.3 is 4.87 Å². The van der Waals surface area contributed by atoms with E-state index in [1.54, 1.807) is 4.57 Å². The molecule has 1 aromatic heterocycles. The van der Waals surface area contributed by atoms with E-state index in [0.29, 0.717) is 26.2 Å². The third kappa shape index (κ3) is 3.14. The second-order valence-electron chi connectivity index (χ2n) is 8.81. The molecule has 3 heterocycles. The Bertz CT molecular complexity index is 1030. The number of carbonyl (C=O) groups excluding carboxylic acids is 1. The number of hydrogen-bond acceptors (Lipinski definition) is 5. The number of rotatable bonds is 3. The molecule has 1 aromatic carbocycles. The van der Waals surface area contributed by atoms with Crippen molar-refractivity contribution in [2.24, 2.45) is 0 Å². The fraction of sp³-hybridized carbons (Fsp3) is 0.565. The lowest BCUT2D eigenvalue weighted by Crippen LogP contribution is -2.49. The Balaban J connectivity index is 1.46. The highest BCUT2D eigenvalue weighted by Crippen LogP contribution is 2.52. The molecule has 6 nitrogen and oxygen atoms in total. The molecule has 3 aliphatic rings. The van der Waals surface area contributed by atoms with Crippen LogP contribution >= 0.6 is 11.3 Å². The molecule has 0 radical (unpaired) electrons. The maximum Gasteiger partial charge on any atom is 0.307 e. The van der Waals surface area contributed by atoms with E-state index < -0.39 is 0 Å². The Hall–Kier alpha value is -2.28. The highest BCUT2D eigenvalue weighted by atomic mass is 32.1. The molecule has 2 aliphatic heterocycles. The van der Waals surface area contributed by atoms with E-state index in [9.17, 15) is 9.59 Å². The molecular formula is C23H28N2O4S. The third-order valence-corrected chi connectivity index (χ3v) is 7.96. The SMILES string of the molecule is Cc1csc(=O)n1CCC(=O)N1CC2(CCCC2)c2cc3c(cc2C1C)OCCO3. The highest BCUT2D eigenvalue weighted by Gasteiger charge is 2.46. The fourth-order valence-corrected chi connectivity index (χ4v) is 6.20. The number of ether oxygens (including phenoxy) is 2. The number of hydrogen-bond donors (Lipinski definition) is 0. The van der Waals surface area contributed by atoms with Gasteiger partial charge in [-0.05, 0) is 49.9 Å². The summed E-state index contributed by atoms with van der Waals surface area (Å²) in [6, 6.07) is 4.26. The number of amides is 1. The van der Waals surface area contributed by atoms with Crippen molar-refractivity contribution in [1.82, 2.24) is 9.47 Å². The van der Waals surface area contributed by atoms with E-state index in [4.69, 9.17) is 9.47 Å². The normalized spacial score (nSPS) is 21.7. The van der Waals surface area contributed by atoms with Gasteiger partial charge in [-0.15, -0.1) is 0 Å². The Morgan fingerprint density at radius 3 is 2.57 bits per heavy atom. The lowest BCUT2D eigenvalue weighted by Gasteiger charge is -2.46. The van der Waals surface area contributed by atoms with Gasteiger partial charge < -0.3 is 18.9 Å². The van der Waals surface area contributed by atoms with Gasteiger partial charge in [0.2, 0.25) is 5.91 Å². The first-order valence-electron chi connectivity index (χ1n) is 10.9. The molecule has 5 rings (SSSR count). The minimum absolute atomic E-state index is 0.00246. The summed E-state index contributed by atoms with van der Waals surface area (Å²) in [6.07, 6.45) is 4.91. The average molecular weight is 429 g/mol. The number of thiazole rings is 1. The largest absolute Gasteiger partial charge is 0.486 e. The van der Waals surface area contributed by atoms with E-state index in [-0.39, 0.29) is 22.2 Å². The van der Waals surface area contributed by atoms with Gasteiger partial charge in [-0.3, -0.25) is 9.59 Å². The van der Waals surface area contributed by atoms with Gasteiger partial charge in [-0.2, -0.15) is 0 Å². The van der Waals surface area contributed by atoms with Crippen molar-refractivity contribution in [1.29, 1.82) is 0 Å². The molecule has 1 amide bonds. The minimum Gasteiger partial charge on any atom is -0.486 e. The van der Waals surface area contributed by atoms with Crippen LogP contribution in [0.15, 0.2) is 22.3 Å². The zero-order valence-electron chi connectivity index (χ0n) is 17.6. The number of aryl methyl sites for hydroxylation is 1. The van der Waals surface area contributed by atoms with Gasteiger partial charge in [0.25, 0.3) is 0 Å². The zero-order chi connectivity index (χ0) is 20.9. The van der Waals surface area contributed by atoms with Gasteiger partial charge in [0.05, 0.1) is 6.04 Å². The van der Waals surface area contributed by atoms with E-state index in [1.165, 1.54) is 35.3 Å². The standard InChI is InChI=1S/C23H28N2O4S/c1-15-13-30-22(27)24(15)8-5-21(26)25-14-23(6-3-4-7-23)18-12-20-19(28-9-10-29-20)11-17(18)16(25)2/h11-13,16H,3-10,14H2,1-2H3. The summed E-state index contributed by atoms with van der Waals surface area (Å²) in [5, 5.41) is 1.85. The first-order valence-corrected chi connectivity index (χ1v) is 11.7. The second-order valence-corrected chi connectivity index (χ2v) is 9.63. The van der Waals surface area contributed by atoms with E-state index in [2.05, 4.69) is 19.1 Å². The average Bonchev–Trinajstić information content (AvgIpc) is 3.35. The van der Waals surface area contributed by atoms with Crippen molar-refractivity contribution >= 4 is 17.2 Å². The Morgan fingerprint density at radius 2 is 1.90 bits per heavy atom. The van der Waals surface area contributed by atoms with Crippen LogP contribution in [0.1, 0.15) is 61.9 Å². The van der Waals surface area contributed by atoms with Gasteiger partial charge in [-0.25, -0.2) is 0 Å². The van der Waals surface area contributed by atoms with Crippen molar-refractivity contribution in [2.75, 3.05) is 19.8 Å². The summed E-state index contributed by atoms with van der Waals surface area (Å²) in [5.74, 6) is 1.74. The lowest BCUT2D eigenvalue weighted by atomic mass is 9.71. The molecule has 160 valence electrons. The molecule has 1 fully saturated rings. The van der Waals surface area contributed by atoms with E-state index in [0.717, 1.165) is 36.6 Å². The van der Waals surface area contributed by atoms with E-state index in [1.807, 2.05) is 17.2 Å². The van der Waals surface area contributed by atoms with Crippen LogP contribution in [0.3, 0.4) is 0 Å². The summed E-state index contributed by atoms with van der Waals surface area (Å²) in [5.41, 5.74) is 3.45. The van der Waals surface area contributed by atoms with E-state index >= 15 is 0 Å². The minimum atomic E-state index is -0.0187. The summed E-state index contributed by atoms with van der Waals surface area (Å²) in [4.78, 5) is 27.4. The summed E-state index contributed by atoms with van der Waals surface area (Å²) < 4.78 is 13.4. The fourth-order valence-electron chi connectivity index (χ4n) is 5.43. The maximum absolute atomic E-state index is 13.3. The van der Waals surface area contributed by atoms with Gasteiger partial charge in [0.1, 0.15) is 13.2 Å². The topological polar surface area (TPSA) is 60.8 Å². The number of benzene rings is 1. The molecule has 0 N–H and O–H groups in total. The molecule has 1 saturated carbocycles. The van der Waals surface area contributed by atoms with Crippen molar-refractivity contribution in [3.05, 3.63) is 44.0 Å². The molecule has 2 aromatic rings. The lowest BCUT2D eigenvalue weighted by molar-refractivity contribution is -0.135. The maximum atomic E-state index is 13.3. The number of carbonyl (C=O) groups is 1. The number of aromatic nitrogens is 1. The Labute approximate surface area is 180 Å². The van der Waals surface area contributed by atoms with Crippen molar-refractivity contribution < 1.29 is 14.3 Å². The van der Waals surface area contributed by atoms with Crippen LogP contribution in [0.2, 0.25) is 0 Å². The van der Waals surface area contributed by atoms with Crippen LogP contribution in [0, 0.1) is 6.92 Å². The van der Waals surface area contributed by atoms with Gasteiger partial charge in [-0.1, -0.05) is 24.2 Å². The summed E-state index contributed by atoms with van der Waals surface area (Å²) >= 11 is 1.19. The molecular weight excluding hydrogens is 400 g/mol. The zero-order valence-corrected chi connectivity index (χ0v) is 18.4. The molecule has 0 bridgehead atoms. The second kappa shape index (κ2) is 7.45. The van der Waals surface area contributed by atoms with Gasteiger partial charge in [0.15, 0.2) is 11.5 Å². The Morgan fingerprint density at radius 1 is 1.20 bits per heavy atom. The predicted molar refractivity (Wildman–Crippen MR) is 116 cm³/mol. The monoisotopic (exact) mass is 428 g/mol. The highest BCUT2D eigenvalue weighted by molar-refractivity contribution is 7.07. The van der Waals surface area contributed by atoms with Crippen molar-refractivity contribution in [3.8, 4) is 11.5 Å². The predicted octanol–water partition coefficient (Wildman–Crippen LogP) is 3.79. The molecule has 0 saturated heterocycles. The molecule has 30 heavy (non-hydrogen) atoms. The van der Waals surface area contributed by atoms with Crippen LogP contribution in [-0.4, -0.2) is 35.1 Å². The van der Waals surface area contributed by atoms with Crippen molar-refractivity contribution in [3.63, 3.8) is 0 Å². The molecule has 1 unspecified atom stereocenters. The smallest absolute Gasteiger partial charge is 0.307 e. The summed E-state index contributed by atoms with van der Waals surface area (Å²) in [7, 11) is 0. The third-order valence-electron chi connectivity index (χ3n) is 7.08. The molecule has 1 atom stereocenters. The number of nitrogens with zero attached hydrogens (tertiary/aromatic N) is 2. The van der Waals surface area contributed by atoms with Gasteiger partial charge in [0, 0.05) is 36.0 Å². The first-order chi connectivity index (χ1) is 14.5. The quantitative estimate of drug-likeness (QED) is 0.746. The Kier molecular flexibility index (Phi) is 4.88. The van der Waals surface area contributed by atoms with Crippen LogP contribution < -0.4 is 14.3 Å². The van der Waals surface area contributed by atoms with Crippen molar-refractivity contribution in [2.45, 2.75) is 64.0 Å².